The molecule has 0 atom stereocenters. The van der Waals surface area contributed by atoms with Crippen molar-refractivity contribution in [3.05, 3.63) is 170 Å². The van der Waals surface area contributed by atoms with Crippen LogP contribution in [0.4, 0.5) is 0 Å². The number of para-hydroxylation sites is 3. The molecule has 0 N–H and O–H groups in total. The monoisotopic (exact) mass is 640 g/mol. The number of hydrogen-bond acceptors (Lipinski definition) is 4. The minimum absolute atomic E-state index is 0.584. The molecule has 0 aliphatic heterocycles. The largest absolute Gasteiger partial charge is 0.455 e. The van der Waals surface area contributed by atoms with E-state index in [9.17, 15) is 0 Å². The first-order valence-corrected chi connectivity index (χ1v) is 16.7. The van der Waals surface area contributed by atoms with Crippen LogP contribution in [0.1, 0.15) is 0 Å². The van der Waals surface area contributed by atoms with E-state index in [0.29, 0.717) is 11.5 Å². The van der Waals surface area contributed by atoms with Gasteiger partial charge in [-0.2, -0.15) is 4.98 Å². The summed E-state index contributed by atoms with van der Waals surface area (Å²) >= 11 is 0. The number of fused-ring (bicyclic) bond motifs is 6. The summed E-state index contributed by atoms with van der Waals surface area (Å²) in [6, 6.07) is 58.7. The molecule has 0 bridgehead atoms. The van der Waals surface area contributed by atoms with Gasteiger partial charge in [-0.1, -0.05) is 140 Å². The second kappa shape index (κ2) is 11.4. The van der Waals surface area contributed by atoms with Crippen LogP contribution in [0.25, 0.3) is 100 Å². The predicted molar refractivity (Wildman–Crippen MR) is 204 cm³/mol. The molecule has 0 radical (unpaired) electrons. The third-order valence-electron chi connectivity index (χ3n) is 9.51. The standard InChI is InChI=1S/C46H28N2O2/c1-2-12-29(13-3-1)43-42-39-21-5-7-25-41(39)50-46(42)48-45(47-43)35-19-10-17-33(28-35)31-15-8-14-30(26-31)32-16-9-18-34(27-32)36-22-11-23-38-37-20-4-6-24-40(37)49-44(36)38/h1-28H. The Morgan fingerprint density at radius 3 is 1.62 bits per heavy atom. The molecule has 0 spiro atoms. The third kappa shape index (κ3) is 4.69. The van der Waals surface area contributed by atoms with Crippen molar-refractivity contribution in [1.29, 1.82) is 0 Å². The van der Waals surface area contributed by atoms with Crippen LogP contribution in [0.3, 0.4) is 0 Å². The number of aromatic nitrogens is 2. The van der Waals surface area contributed by atoms with E-state index in [4.69, 9.17) is 18.8 Å². The van der Waals surface area contributed by atoms with E-state index in [2.05, 4.69) is 121 Å². The topological polar surface area (TPSA) is 52.1 Å². The lowest BCUT2D eigenvalue weighted by Gasteiger charge is -2.10. The van der Waals surface area contributed by atoms with E-state index < -0.39 is 0 Å². The lowest BCUT2D eigenvalue weighted by atomic mass is 9.95. The highest BCUT2D eigenvalue weighted by Crippen LogP contribution is 2.39. The second-order valence-electron chi connectivity index (χ2n) is 12.6. The Bertz CT molecular complexity index is 2880. The van der Waals surface area contributed by atoms with Gasteiger partial charge >= 0.3 is 0 Å². The summed E-state index contributed by atoms with van der Waals surface area (Å²) in [5, 5.41) is 4.20. The molecule has 50 heavy (non-hydrogen) atoms. The highest BCUT2D eigenvalue weighted by molar-refractivity contribution is 6.11. The van der Waals surface area contributed by atoms with Gasteiger partial charge in [0.25, 0.3) is 0 Å². The van der Waals surface area contributed by atoms with Gasteiger partial charge in [0.05, 0.1) is 11.1 Å². The molecule has 7 aromatic carbocycles. The molecule has 3 heterocycles. The average Bonchev–Trinajstić information content (AvgIpc) is 3.77. The summed E-state index contributed by atoms with van der Waals surface area (Å²) < 4.78 is 12.6. The molecule has 234 valence electrons. The smallest absolute Gasteiger partial charge is 0.231 e. The van der Waals surface area contributed by atoms with Crippen molar-refractivity contribution in [2.45, 2.75) is 0 Å². The maximum absolute atomic E-state index is 6.36. The summed E-state index contributed by atoms with van der Waals surface area (Å²) in [6.07, 6.45) is 0. The zero-order chi connectivity index (χ0) is 33.0. The molecule has 0 fully saturated rings. The zero-order valence-electron chi connectivity index (χ0n) is 26.9. The van der Waals surface area contributed by atoms with Crippen LogP contribution in [0.15, 0.2) is 179 Å². The summed E-state index contributed by atoms with van der Waals surface area (Å²) in [5.41, 5.74) is 12.7. The van der Waals surface area contributed by atoms with Gasteiger partial charge in [0.2, 0.25) is 5.71 Å². The van der Waals surface area contributed by atoms with Gasteiger partial charge in [-0.3, -0.25) is 0 Å². The van der Waals surface area contributed by atoms with Gasteiger partial charge in [-0.15, -0.1) is 0 Å². The van der Waals surface area contributed by atoms with Gasteiger partial charge in [0, 0.05) is 32.8 Å². The minimum atomic E-state index is 0.584. The highest BCUT2D eigenvalue weighted by Gasteiger charge is 2.18. The number of furan rings is 2. The van der Waals surface area contributed by atoms with Crippen LogP contribution in [0.2, 0.25) is 0 Å². The van der Waals surface area contributed by atoms with Crippen LogP contribution in [-0.2, 0) is 0 Å². The minimum Gasteiger partial charge on any atom is -0.455 e. The molecule has 0 unspecified atom stereocenters. The Kier molecular flexibility index (Phi) is 6.46. The Labute approximate surface area is 287 Å². The second-order valence-corrected chi connectivity index (χ2v) is 12.6. The zero-order valence-corrected chi connectivity index (χ0v) is 26.9. The maximum atomic E-state index is 6.36. The molecule has 3 aromatic heterocycles. The summed E-state index contributed by atoms with van der Waals surface area (Å²) in [7, 11) is 0. The number of rotatable bonds is 5. The molecule has 0 saturated carbocycles. The molecule has 0 aliphatic carbocycles. The lowest BCUT2D eigenvalue weighted by molar-refractivity contribution is 0.653. The van der Waals surface area contributed by atoms with Gasteiger partial charge in [-0.05, 0) is 58.1 Å². The molecule has 0 amide bonds. The number of hydrogen-bond donors (Lipinski definition) is 0. The van der Waals surface area contributed by atoms with Crippen molar-refractivity contribution in [2.75, 3.05) is 0 Å². The number of benzene rings is 7. The molecule has 10 aromatic rings. The fourth-order valence-electron chi connectivity index (χ4n) is 7.11. The summed E-state index contributed by atoms with van der Waals surface area (Å²) in [5.74, 6) is 0.626. The quantitative estimate of drug-likeness (QED) is 0.188. The Morgan fingerprint density at radius 1 is 0.360 bits per heavy atom. The molecule has 4 nitrogen and oxygen atoms in total. The summed E-state index contributed by atoms with van der Waals surface area (Å²) in [4.78, 5) is 10.1. The van der Waals surface area contributed by atoms with Gasteiger partial charge in [0.1, 0.15) is 16.7 Å². The lowest BCUT2D eigenvalue weighted by Crippen LogP contribution is -1.94. The van der Waals surface area contributed by atoms with Gasteiger partial charge < -0.3 is 8.83 Å². The van der Waals surface area contributed by atoms with Crippen LogP contribution in [0, 0.1) is 0 Å². The third-order valence-corrected chi connectivity index (χ3v) is 9.51. The van der Waals surface area contributed by atoms with E-state index >= 15 is 0 Å². The van der Waals surface area contributed by atoms with E-state index in [1.165, 1.54) is 0 Å². The molecular formula is C46H28N2O2. The predicted octanol–water partition coefficient (Wildman–Crippen LogP) is 12.6. The Balaban J connectivity index is 1.04. The molecule has 4 heteroatoms. The molecule has 0 saturated heterocycles. The SMILES string of the molecule is c1ccc(-c2nc(-c3cccc(-c4cccc(-c5cccc(-c6cccc7c6oc6ccccc67)c5)c4)c3)nc3oc4ccccc4c23)cc1. The molecule has 10 rings (SSSR count). The molecule has 0 aliphatic rings. The maximum Gasteiger partial charge on any atom is 0.231 e. The van der Waals surface area contributed by atoms with E-state index in [0.717, 1.165) is 88.5 Å². The fraction of sp³-hybridized carbons (Fsp3) is 0. The van der Waals surface area contributed by atoms with E-state index in [1.807, 2.05) is 48.5 Å². The van der Waals surface area contributed by atoms with Crippen LogP contribution in [0.5, 0.6) is 0 Å². The molecular weight excluding hydrogens is 613 g/mol. The van der Waals surface area contributed by atoms with Crippen molar-refractivity contribution in [1.82, 2.24) is 9.97 Å². The van der Waals surface area contributed by atoms with Crippen LogP contribution in [-0.4, -0.2) is 9.97 Å². The van der Waals surface area contributed by atoms with Crippen molar-refractivity contribution in [2.24, 2.45) is 0 Å². The van der Waals surface area contributed by atoms with Crippen LogP contribution < -0.4 is 0 Å². The normalized spacial score (nSPS) is 11.6. The van der Waals surface area contributed by atoms with Crippen molar-refractivity contribution < 1.29 is 8.83 Å². The first kappa shape index (κ1) is 28.3. The summed E-state index contributed by atoms with van der Waals surface area (Å²) in [6.45, 7) is 0. The van der Waals surface area contributed by atoms with Crippen molar-refractivity contribution >= 4 is 44.0 Å². The van der Waals surface area contributed by atoms with E-state index in [-0.39, 0.29) is 0 Å². The van der Waals surface area contributed by atoms with E-state index in [1.54, 1.807) is 0 Å². The Morgan fingerprint density at radius 2 is 0.880 bits per heavy atom. The Hall–Kier alpha value is -6.78. The first-order valence-electron chi connectivity index (χ1n) is 16.7. The van der Waals surface area contributed by atoms with Crippen molar-refractivity contribution in [3.8, 4) is 56.0 Å². The van der Waals surface area contributed by atoms with Gasteiger partial charge in [-0.25, -0.2) is 4.98 Å². The van der Waals surface area contributed by atoms with Crippen LogP contribution >= 0.6 is 0 Å². The first-order chi connectivity index (χ1) is 24.8. The van der Waals surface area contributed by atoms with Gasteiger partial charge in [0.15, 0.2) is 5.82 Å². The average molecular weight is 641 g/mol. The highest BCUT2D eigenvalue weighted by atomic mass is 16.3. The van der Waals surface area contributed by atoms with Crippen molar-refractivity contribution in [3.63, 3.8) is 0 Å². The number of nitrogens with zero attached hydrogens (tertiary/aromatic N) is 2. The fourth-order valence-corrected chi connectivity index (χ4v) is 7.11.